The third-order valence-electron chi connectivity index (χ3n) is 2.99. The first-order valence-corrected chi connectivity index (χ1v) is 7.11. The van der Waals surface area contributed by atoms with Gasteiger partial charge in [-0.05, 0) is 31.0 Å². The first-order valence-electron chi connectivity index (χ1n) is 6.35. The van der Waals surface area contributed by atoms with Gasteiger partial charge in [-0.1, -0.05) is 59.1 Å². The van der Waals surface area contributed by atoms with Gasteiger partial charge in [0.25, 0.3) is 0 Å². The number of anilines is 1. The van der Waals surface area contributed by atoms with Gasteiger partial charge in [0, 0.05) is 6.42 Å². The molecule has 20 heavy (non-hydrogen) atoms. The van der Waals surface area contributed by atoms with Crippen molar-refractivity contribution in [3.8, 4) is 0 Å². The molecule has 0 bridgehead atoms. The standard InChI is InChI=1S/C16H15Cl2NO/c1-11-5-7-12(8-6-11)9-10-15(20)19-14-4-2-3-13(17)16(14)18/h2-8H,9-10H2,1H3,(H,19,20). The van der Waals surface area contributed by atoms with E-state index in [9.17, 15) is 4.79 Å². The smallest absolute Gasteiger partial charge is 0.224 e. The summed E-state index contributed by atoms with van der Waals surface area (Å²) in [6.45, 7) is 2.04. The Kier molecular flexibility index (Phi) is 5.05. The summed E-state index contributed by atoms with van der Waals surface area (Å²) >= 11 is 11.9. The number of benzene rings is 2. The lowest BCUT2D eigenvalue weighted by Crippen LogP contribution is -2.12. The minimum atomic E-state index is -0.0743. The highest BCUT2D eigenvalue weighted by Crippen LogP contribution is 2.29. The Labute approximate surface area is 128 Å². The molecule has 2 aromatic rings. The van der Waals surface area contributed by atoms with Crippen molar-refractivity contribution in [1.29, 1.82) is 0 Å². The van der Waals surface area contributed by atoms with E-state index in [-0.39, 0.29) is 5.91 Å². The van der Waals surface area contributed by atoms with E-state index >= 15 is 0 Å². The second-order valence-electron chi connectivity index (χ2n) is 4.64. The van der Waals surface area contributed by atoms with Crippen molar-refractivity contribution in [3.05, 3.63) is 63.6 Å². The van der Waals surface area contributed by atoms with E-state index in [1.54, 1.807) is 18.2 Å². The fraction of sp³-hybridized carbons (Fsp3) is 0.188. The molecule has 0 atom stereocenters. The quantitative estimate of drug-likeness (QED) is 0.857. The molecule has 2 nitrogen and oxygen atoms in total. The van der Waals surface area contributed by atoms with Crippen LogP contribution in [-0.2, 0) is 11.2 Å². The van der Waals surface area contributed by atoms with Crippen LogP contribution < -0.4 is 5.32 Å². The Morgan fingerprint density at radius 3 is 2.50 bits per heavy atom. The lowest BCUT2D eigenvalue weighted by Gasteiger charge is -2.08. The van der Waals surface area contributed by atoms with Crippen molar-refractivity contribution < 1.29 is 4.79 Å². The van der Waals surface area contributed by atoms with Gasteiger partial charge in [0.2, 0.25) is 5.91 Å². The van der Waals surface area contributed by atoms with Crippen LogP contribution in [0.1, 0.15) is 17.5 Å². The fourth-order valence-corrected chi connectivity index (χ4v) is 2.17. The van der Waals surface area contributed by atoms with Gasteiger partial charge in [-0.2, -0.15) is 0 Å². The number of rotatable bonds is 4. The molecule has 0 aromatic heterocycles. The summed E-state index contributed by atoms with van der Waals surface area (Å²) in [6, 6.07) is 13.3. The van der Waals surface area contributed by atoms with E-state index < -0.39 is 0 Å². The van der Waals surface area contributed by atoms with Crippen LogP contribution in [0.4, 0.5) is 5.69 Å². The zero-order chi connectivity index (χ0) is 14.5. The van der Waals surface area contributed by atoms with Crippen LogP contribution in [0.2, 0.25) is 10.0 Å². The SMILES string of the molecule is Cc1ccc(CCC(=O)Nc2cccc(Cl)c2Cl)cc1. The molecule has 0 heterocycles. The van der Waals surface area contributed by atoms with Crippen molar-refractivity contribution in [2.45, 2.75) is 19.8 Å². The summed E-state index contributed by atoms with van der Waals surface area (Å²) in [6.07, 6.45) is 1.11. The number of amides is 1. The average Bonchev–Trinajstić information content (AvgIpc) is 2.43. The largest absolute Gasteiger partial charge is 0.325 e. The monoisotopic (exact) mass is 307 g/mol. The molecule has 2 rings (SSSR count). The Morgan fingerprint density at radius 1 is 1.10 bits per heavy atom. The molecule has 0 aliphatic carbocycles. The molecule has 0 saturated carbocycles. The van der Waals surface area contributed by atoms with Crippen LogP contribution >= 0.6 is 23.2 Å². The molecule has 0 fully saturated rings. The number of nitrogens with one attached hydrogen (secondary N) is 1. The van der Waals surface area contributed by atoms with Gasteiger partial charge in [-0.25, -0.2) is 0 Å². The number of hydrogen-bond donors (Lipinski definition) is 1. The Hall–Kier alpha value is -1.51. The van der Waals surface area contributed by atoms with Crippen LogP contribution in [0.15, 0.2) is 42.5 Å². The summed E-state index contributed by atoms with van der Waals surface area (Å²) in [4.78, 5) is 11.9. The summed E-state index contributed by atoms with van der Waals surface area (Å²) in [5.41, 5.74) is 2.90. The molecule has 0 spiro atoms. The third kappa shape index (κ3) is 3.99. The van der Waals surface area contributed by atoms with Gasteiger partial charge in [0.15, 0.2) is 0 Å². The zero-order valence-corrected chi connectivity index (χ0v) is 12.6. The number of halogens is 2. The molecule has 1 amide bonds. The maximum atomic E-state index is 11.9. The number of hydrogen-bond acceptors (Lipinski definition) is 1. The molecule has 4 heteroatoms. The van der Waals surface area contributed by atoms with Crippen molar-refractivity contribution in [1.82, 2.24) is 0 Å². The minimum absolute atomic E-state index is 0.0743. The molecule has 0 unspecified atom stereocenters. The Morgan fingerprint density at radius 2 is 1.80 bits per heavy atom. The topological polar surface area (TPSA) is 29.1 Å². The van der Waals surface area contributed by atoms with Gasteiger partial charge in [0.05, 0.1) is 15.7 Å². The van der Waals surface area contributed by atoms with Gasteiger partial charge in [0.1, 0.15) is 0 Å². The molecular weight excluding hydrogens is 293 g/mol. The summed E-state index contributed by atoms with van der Waals surface area (Å²) < 4.78 is 0. The highest BCUT2D eigenvalue weighted by molar-refractivity contribution is 6.43. The fourth-order valence-electron chi connectivity index (χ4n) is 1.83. The number of carbonyl (C=O) groups is 1. The normalized spacial score (nSPS) is 10.3. The third-order valence-corrected chi connectivity index (χ3v) is 3.81. The van der Waals surface area contributed by atoms with E-state index in [0.717, 1.165) is 5.56 Å². The van der Waals surface area contributed by atoms with Crippen molar-refractivity contribution in [2.24, 2.45) is 0 Å². The van der Waals surface area contributed by atoms with Crippen molar-refractivity contribution >= 4 is 34.8 Å². The molecule has 0 aliphatic heterocycles. The molecular formula is C16H15Cl2NO. The van der Waals surface area contributed by atoms with Crippen molar-refractivity contribution in [3.63, 3.8) is 0 Å². The summed E-state index contributed by atoms with van der Waals surface area (Å²) in [5, 5.41) is 3.58. The maximum absolute atomic E-state index is 11.9. The zero-order valence-electron chi connectivity index (χ0n) is 11.1. The number of carbonyl (C=O) groups excluding carboxylic acids is 1. The molecule has 2 aromatic carbocycles. The number of aryl methyl sites for hydroxylation is 2. The van der Waals surface area contributed by atoms with Crippen molar-refractivity contribution in [2.75, 3.05) is 5.32 Å². The predicted molar refractivity (Wildman–Crippen MR) is 84.6 cm³/mol. The predicted octanol–water partition coefficient (Wildman–Crippen LogP) is 4.87. The van der Waals surface area contributed by atoms with Crippen LogP contribution in [-0.4, -0.2) is 5.91 Å². The van der Waals surface area contributed by atoms with Gasteiger partial charge in [-0.15, -0.1) is 0 Å². The van der Waals surface area contributed by atoms with E-state index in [1.807, 2.05) is 31.2 Å². The van der Waals surface area contributed by atoms with Gasteiger partial charge in [-0.3, -0.25) is 4.79 Å². The van der Waals surface area contributed by atoms with E-state index in [2.05, 4.69) is 5.32 Å². The lowest BCUT2D eigenvalue weighted by molar-refractivity contribution is -0.116. The summed E-state index contributed by atoms with van der Waals surface area (Å²) in [5.74, 6) is -0.0743. The maximum Gasteiger partial charge on any atom is 0.224 e. The highest BCUT2D eigenvalue weighted by atomic mass is 35.5. The van der Waals surface area contributed by atoms with E-state index in [0.29, 0.717) is 28.6 Å². The molecule has 0 radical (unpaired) electrons. The first-order chi connectivity index (χ1) is 9.56. The highest BCUT2D eigenvalue weighted by Gasteiger charge is 2.08. The van der Waals surface area contributed by atoms with Gasteiger partial charge >= 0.3 is 0 Å². The van der Waals surface area contributed by atoms with E-state index in [1.165, 1.54) is 5.56 Å². The van der Waals surface area contributed by atoms with Crippen LogP contribution in [0.5, 0.6) is 0 Å². The second-order valence-corrected chi connectivity index (χ2v) is 5.42. The average molecular weight is 308 g/mol. The molecule has 0 saturated heterocycles. The van der Waals surface area contributed by atoms with Crippen LogP contribution in [0.3, 0.4) is 0 Å². The van der Waals surface area contributed by atoms with Crippen LogP contribution in [0, 0.1) is 6.92 Å². The molecule has 104 valence electrons. The Balaban J connectivity index is 1.92. The molecule has 0 aliphatic rings. The lowest BCUT2D eigenvalue weighted by atomic mass is 10.1. The minimum Gasteiger partial charge on any atom is -0.325 e. The van der Waals surface area contributed by atoms with E-state index in [4.69, 9.17) is 23.2 Å². The first kappa shape index (κ1) is 14.9. The molecule has 1 N–H and O–H groups in total. The second kappa shape index (κ2) is 6.78. The van der Waals surface area contributed by atoms with Crippen LogP contribution in [0.25, 0.3) is 0 Å². The van der Waals surface area contributed by atoms with Gasteiger partial charge < -0.3 is 5.32 Å². The summed E-state index contributed by atoms with van der Waals surface area (Å²) in [7, 11) is 0. The Bertz CT molecular complexity index is 608.